The van der Waals surface area contributed by atoms with E-state index in [1.165, 1.54) is 18.7 Å². The molecule has 4 nitrogen and oxygen atoms in total. The highest BCUT2D eigenvalue weighted by Crippen LogP contribution is 2.37. The van der Waals surface area contributed by atoms with E-state index in [-0.39, 0.29) is 11.8 Å². The molecular weight excluding hydrogens is 312 g/mol. The lowest BCUT2D eigenvalue weighted by molar-refractivity contribution is -0.144. The second-order valence-electron chi connectivity index (χ2n) is 6.21. The summed E-state index contributed by atoms with van der Waals surface area (Å²) in [6.07, 6.45) is 0.330. The molecule has 2 aromatic carbocycles. The van der Waals surface area contributed by atoms with E-state index in [0.29, 0.717) is 6.42 Å². The van der Waals surface area contributed by atoms with Crippen molar-refractivity contribution in [1.82, 2.24) is 4.90 Å². The van der Waals surface area contributed by atoms with Crippen LogP contribution in [0.2, 0.25) is 0 Å². The van der Waals surface area contributed by atoms with Gasteiger partial charge in [-0.15, -0.1) is 0 Å². The predicted octanol–water partition coefficient (Wildman–Crippen LogP) is 3.67. The number of benzene rings is 2. The molecule has 0 bridgehead atoms. The van der Waals surface area contributed by atoms with Crippen LogP contribution in [0.3, 0.4) is 0 Å². The number of imide groups is 1. The maximum absolute atomic E-state index is 11.9. The van der Waals surface area contributed by atoms with E-state index >= 15 is 0 Å². The van der Waals surface area contributed by atoms with Crippen LogP contribution in [0.15, 0.2) is 60.7 Å². The maximum Gasteiger partial charge on any atom is 0.226 e. The first kappa shape index (κ1) is 18.4. The van der Waals surface area contributed by atoms with Gasteiger partial charge < -0.3 is 0 Å². The molecule has 0 radical (unpaired) electrons. The van der Waals surface area contributed by atoms with Gasteiger partial charge in [0.15, 0.2) is 0 Å². The Bertz CT molecular complexity index is 725. The predicted molar refractivity (Wildman–Crippen MR) is 96.6 cm³/mol. The summed E-state index contributed by atoms with van der Waals surface area (Å²) >= 11 is 0. The summed E-state index contributed by atoms with van der Waals surface area (Å²) in [5.41, 5.74) is 0.760. The van der Waals surface area contributed by atoms with E-state index in [2.05, 4.69) is 6.07 Å². The lowest BCUT2D eigenvalue weighted by Crippen LogP contribution is -2.44. The Hall–Kier alpha value is -2.93. The van der Waals surface area contributed by atoms with Crippen LogP contribution in [0.25, 0.3) is 0 Å². The molecule has 1 unspecified atom stereocenters. The van der Waals surface area contributed by atoms with Gasteiger partial charge in [-0.3, -0.25) is 14.5 Å². The van der Waals surface area contributed by atoms with E-state index in [4.69, 9.17) is 0 Å². The zero-order valence-corrected chi connectivity index (χ0v) is 14.8. The molecule has 0 fully saturated rings. The summed E-state index contributed by atoms with van der Waals surface area (Å²) in [5, 5.41) is 10.2. The molecular formula is C21H22N2O2. The first-order valence-electron chi connectivity index (χ1n) is 8.25. The second kappa shape index (κ2) is 7.76. The summed E-state index contributed by atoms with van der Waals surface area (Å²) in [6.45, 7) is 4.55. The number of rotatable bonds is 5. The summed E-state index contributed by atoms with van der Waals surface area (Å²) in [4.78, 5) is 25.0. The second-order valence-corrected chi connectivity index (χ2v) is 6.21. The van der Waals surface area contributed by atoms with E-state index < -0.39 is 11.5 Å². The molecule has 4 heteroatoms. The standard InChI is InChI=1S/C21H22N2O2/c1-16(23(17(2)24)18(3)25)14-21(15-22,19-10-6-4-7-11-19)20-12-8-5-9-13-20/h4-13,16H,14H2,1-3H3. The Balaban J connectivity index is 2.55. The van der Waals surface area contributed by atoms with Crippen molar-refractivity contribution in [2.75, 3.05) is 0 Å². The molecule has 1 atom stereocenters. The lowest BCUT2D eigenvalue weighted by Gasteiger charge is -2.34. The van der Waals surface area contributed by atoms with Crippen LogP contribution in [0.1, 0.15) is 38.3 Å². The minimum absolute atomic E-state index is 0.312. The minimum atomic E-state index is -0.939. The third kappa shape index (κ3) is 3.77. The van der Waals surface area contributed by atoms with Crippen molar-refractivity contribution in [1.29, 1.82) is 5.26 Å². The van der Waals surface area contributed by atoms with Crippen LogP contribution in [0, 0.1) is 11.3 Å². The maximum atomic E-state index is 11.9. The van der Waals surface area contributed by atoms with Crippen LogP contribution >= 0.6 is 0 Å². The summed E-state index contributed by atoms with van der Waals surface area (Å²) in [7, 11) is 0. The molecule has 0 aliphatic heterocycles. The molecule has 2 rings (SSSR count). The molecule has 2 aromatic rings. The summed E-state index contributed by atoms with van der Waals surface area (Å²) in [6, 6.07) is 21.1. The smallest absolute Gasteiger partial charge is 0.226 e. The van der Waals surface area contributed by atoms with E-state index in [1.807, 2.05) is 60.7 Å². The molecule has 0 aliphatic carbocycles. The molecule has 0 saturated heterocycles. The molecule has 0 aromatic heterocycles. The van der Waals surface area contributed by atoms with E-state index in [9.17, 15) is 14.9 Å². The number of carbonyl (C=O) groups excluding carboxylic acids is 2. The van der Waals surface area contributed by atoms with Gasteiger partial charge in [0.05, 0.1) is 6.07 Å². The van der Waals surface area contributed by atoms with Gasteiger partial charge in [-0.25, -0.2) is 0 Å². The molecule has 0 spiro atoms. The third-order valence-corrected chi connectivity index (χ3v) is 4.44. The van der Waals surface area contributed by atoms with Gasteiger partial charge in [0, 0.05) is 19.9 Å². The van der Waals surface area contributed by atoms with Crippen molar-refractivity contribution < 1.29 is 9.59 Å². The van der Waals surface area contributed by atoms with Crippen molar-refractivity contribution in [3.05, 3.63) is 71.8 Å². The van der Waals surface area contributed by atoms with Crippen LogP contribution in [-0.2, 0) is 15.0 Å². The molecule has 0 N–H and O–H groups in total. The van der Waals surface area contributed by atoms with E-state index in [0.717, 1.165) is 11.1 Å². The molecule has 128 valence electrons. The van der Waals surface area contributed by atoms with Gasteiger partial charge in [-0.2, -0.15) is 5.26 Å². The van der Waals surface area contributed by atoms with Crippen molar-refractivity contribution in [2.24, 2.45) is 0 Å². The van der Waals surface area contributed by atoms with Gasteiger partial charge in [-0.1, -0.05) is 60.7 Å². The van der Waals surface area contributed by atoms with Crippen LogP contribution < -0.4 is 0 Å². The molecule has 2 amide bonds. The van der Waals surface area contributed by atoms with Gasteiger partial charge >= 0.3 is 0 Å². The Labute approximate surface area is 148 Å². The van der Waals surface area contributed by atoms with Gasteiger partial charge in [0.2, 0.25) is 11.8 Å². The average molecular weight is 334 g/mol. The summed E-state index contributed by atoms with van der Waals surface area (Å²) < 4.78 is 0. The molecule has 0 aliphatic rings. The van der Waals surface area contributed by atoms with Gasteiger partial charge in [-0.05, 0) is 24.5 Å². The topological polar surface area (TPSA) is 61.2 Å². The van der Waals surface area contributed by atoms with Crippen molar-refractivity contribution >= 4 is 11.8 Å². The Kier molecular flexibility index (Phi) is 5.71. The quantitative estimate of drug-likeness (QED) is 0.838. The van der Waals surface area contributed by atoms with Crippen molar-refractivity contribution in [3.8, 4) is 6.07 Å². The number of nitriles is 1. The first-order chi connectivity index (χ1) is 11.9. The number of carbonyl (C=O) groups is 2. The van der Waals surface area contributed by atoms with Crippen molar-refractivity contribution in [3.63, 3.8) is 0 Å². The van der Waals surface area contributed by atoms with Crippen molar-refractivity contribution in [2.45, 2.75) is 38.6 Å². The van der Waals surface area contributed by atoms with Crippen LogP contribution in [0.4, 0.5) is 0 Å². The number of hydrogen-bond acceptors (Lipinski definition) is 3. The first-order valence-corrected chi connectivity index (χ1v) is 8.25. The van der Waals surface area contributed by atoms with E-state index in [1.54, 1.807) is 6.92 Å². The number of amides is 2. The highest BCUT2D eigenvalue weighted by Gasteiger charge is 2.38. The Morgan fingerprint density at radius 1 is 0.960 bits per heavy atom. The van der Waals surface area contributed by atoms with Crippen LogP contribution in [0.5, 0.6) is 0 Å². The fourth-order valence-corrected chi connectivity index (χ4v) is 3.40. The molecule has 0 heterocycles. The number of nitrogens with zero attached hydrogens (tertiary/aromatic N) is 2. The average Bonchev–Trinajstić information content (AvgIpc) is 2.60. The fraction of sp³-hybridized carbons (Fsp3) is 0.286. The third-order valence-electron chi connectivity index (χ3n) is 4.44. The highest BCUT2D eigenvalue weighted by molar-refractivity contribution is 5.93. The monoisotopic (exact) mass is 334 g/mol. The summed E-state index contributed by atoms with van der Waals surface area (Å²) in [5.74, 6) is -0.624. The fourth-order valence-electron chi connectivity index (χ4n) is 3.40. The zero-order chi connectivity index (χ0) is 18.4. The van der Waals surface area contributed by atoms with Gasteiger partial charge in [0.25, 0.3) is 0 Å². The molecule has 0 saturated carbocycles. The SMILES string of the molecule is CC(=O)N(C(C)=O)C(C)CC(C#N)(c1ccccc1)c1ccccc1. The Morgan fingerprint density at radius 2 is 1.36 bits per heavy atom. The van der Waals surface area contributed by atoms with Crippen LogP contribution in [-0.4, -0.2) is 22.8 Å². The normalized spacial score (nSPS) is 12.1. The highest BCUT2D eigenvalue weighted by atomic mass is 16.2. The minimum Gasteiger partial charge on any atom is -0.280 e. The van der Waals surface area contributed by atoms with Gasteiger partial charge in [0.1, 0.15) is 5.41 Å². The largest absolute Gasteiger partial charge is 0.280 e. The lowest BCUT2D eigenvalue weighted by atomic mass is 9.71. The number of hydrogen-bond donors (Lipinski definition) is 0. The molecule has 25 heavy (non-hydrogen) atoms. The Morgan fingerprint density at radius 3 is 1.68 bits per heavy atom. The zero-order valence-electron chi connectivity index (χ0n) is 14.8.